The summed E-state index contributed by atoms with van der Waals surface area (Å²) in [5.41, 5.74) is 4.77. The Morgan fingerprint density at radius 3 is 2.59 bits per heavy atom. The molecule has 5 nitrogen and oxygen atoms in total. The summed E-state index contributed by atoms with van der Waals surface area (Å²) in [6.07, 6.45) is 6.83. The molecule has 2 N–H and O–H groups in total. The van der Waals surface area contributed by atoms with E-state index in [4.69, 9.17) is 0 Å². The van der Waals surface area contributed by atoms with E-state index >= 15 is 0 Å². The molecule has 2 atom stereocenters. The summed E-state index contributed by atoms with van der Waals surface area (Å²) in [4.78, 5) is 15.5. The van der Waals surface area contributed by atoms with Crippen LogP contribution in [0.1, 0.15) is 56.3 Å². The Kier molecular flexibility index (Phi) is 4.87. The summed E-state index contributed by atoms with van der Waals surface area (Å²) in [6.45, 7) is 2.13. The molecule has 1 aliphatic heterocycles. The van der Waals surface area contributed by atoms with Crippen LogP contribution in [0.25, 0.3) is 11.1 Å². The Hall–Kier alpha value is -2.40. The van der Waals surface area contributed by atoms with Gasteiger partial charge in [-0.25, -0.2) is 4.98 Å². The first kappa shape index (κ1) is 18.0. The molecule has 2 aliphatic rings. The van der Waals surface area contributed by atoms with Crippen LogP contribution in [0.5, 0.6) is 0 Å². The van der Waals surface area contributed by atoms with Crippen molar-refractivity contribution in [3.63, 3.8) is 0 Å². The van der Waals surface area contributed by atoms with Crippen molar-refractivity contribution in [2.45, 2.75) is 51.2 Å². The molecule has 0 bridgehead atoms. The fraction of sp³-hybridized carbons (Fsp3) is 0.455. The highest BCUT2D eigenvalue weighted by molar-refractivity contribution is 5.93. The lowest BCUT2D eigenvalue weighted by atomic mass is 9.77. The second-order valence-electron chi connectivity index (χ2n) is 7.86. The summed E-state index contributed by atoms with van der Waals surface area (Å²) < 4.78 is 2.17. The van der Waals surface area contributed by atoms with E-state index in [1.54, 1.807) is 0 Å². The van der Waals surface area contributed by atoms with Gasteiger partial charge in [0.1, 0.15) is 0 Å². The molecule has 0 amide bonds. The van der Waals surface area contributed by atoms with Crippen molar-refractivity contribution in [3.8, 4) is 0 Å². The predicted octanol–water partition coefficient (Wildman–Crippen LogP) is 4.01. The Balaban J connectivity index is 1.54. The quantitative estimate of drug-likeness (QED) is 0.838. The molecular weight excluding hydrogens is 340 g/mol. The standard InChI is InChI=1S/C22H26N2O3/c1-14-19-12-23-13-24(19)18(21(14)16-5-3-2-4-6-16)11-20(25)15-7-9-17(10-8-15)22(26)27/h2-6,12-13,15,17-18,20,25H,7-11H2,1H3,(H,26,27). The van der Waals surface area contributed by atoms with Gasteiger partial charge in [-0.2, -0.15) is 0 Å². The molecule has 142 valence electrons. The highest BCUT2D eigenvalue weighted by atomic mass is 16.4. The highest BCUT2D eigenvalue weighted by Crippen LogP contribution is 2.45. The molecular formula is C22H26N2O3. The number of carboxylic acid groups (broad SMARTS) is 1. The third kappa shape index (κ3) is 3.32. The molecule has 1 aromatic carbocycles. The van der Waals surface area contributed by atoms with Gasteiger partial charge in [0.2, 0.25) is 0 Å². The number of aliphatic carboxylic acids is 1. The second-order valence-corrected chi connectivity index (χ2v) is 7.86. The van der Waals surface area contributed by atoms with Crippen LogP contribution in [0.15, 0.2) is 42.9 Å². The number of carbonyl (C=O) groups is 1. The Bertz CT molecular complexity index is 847. The normalized spacial score (nSPS) is 26.1. The van der Waals surface area contributed by atoms with E-state index in [1.807, 2.05) is 30.7 Å². The van der Waals surface area contributed by atoms with Gasteiger partial charge in [-0.3, -0.25) is 4.79 Å². The summed E-state index contributed by atoms with van der Waals surface area (Å²) in [6, 6.07) is 10.4. The van der Waals surface area contributed by atoms with Crippen LogP contribution >= 0.6 is 0 Å². The van der Waals surface area contributed by atoms with Crippen molar-refractivity contribution >= 4 is 17.1 Å². The largest absolute Gasteiger partial charge is 0.481 e. The lowest BCUT2D eigenvalue weighted by Gasteiger charge is -2.32. The van der Waals surface area contributed by atoms with Crippen molar-refractivity contribution in [2.75, 3.05) is 0 Å². The van der Waals surface area contributed by atoms with Crippen molar-refractivity contribution in [3.05, 3.63) is 54.1 Å². The first-order valence-corrected chi connectivity index (χ1v) is 9.75. The maximum atomic E-state index is 11.2. The zero-order valence-electron chi connectivity index (χ0n) is 15.6. The van der Waals surface area contributed by atoms with Gasteiger partial charge in [0.25, 0.3) is 0 Å². The first-order valence-electron chi connectivity index (χ1n) is 9.75. The number of imidazole rings is 1. The SMILES string of the molecule is CC1=C(c2ccccc2)C(CC(O)C2CCC(C(=O)O)CC2)n2cncc21. The van der Waals surface area contributed by atoms with Gasteiger partial charge in [-0.1, -0.05) is 30.3 Å². The number of carboxylic acids is 1. The smallest absolute Gasteiger partial charge is 0.306 e. The van der Waals surface area contributed by atoms with Gasteiger partial charge >= 0.3 is 5.97 Å². The Labute approximate surface area is 159 Å². The predicted molar refractivity (Wildman–Crippen MR) is 104 cm³/mol. The molecule has 0 saturated heterocycles. The van der Waals surface area contributed by atoms with E-state index < -0.39 is 12.1 Å². The van der Waals surface area contributed by atoms with E-state index in [0.29, 0.717) is 19.3 Å². The average Bonchev–Trinajstić information content (AvgIpc) is 3.26. The number of rotatable bonds is 5. The number of allylic oxidation sites excluding steroid dienone is 2. The van der Waals surface area contributed by atoms with Crippen LogP contribution < -0.4 is 0 Å². The van der Waals surface area contributed by atoms with Gasteiger partial charge in [-0.15, -0.1) is 0 Å². The molecule has 2 unspecified atom stereocenters. The number of aliphatic hydroxyl groups is 1. The van der Waals surface area contributed by atoms with Gasteiger partial charge < -0.3 is 14.8 Å². The molecule has 0 radical (unpaired) electrons. The van der Waals surface area contributed by atoms with E-state index in [0.717, 1.165) is 18.5 Å². The summed E-state index contributed by atoms with van der Waals surface area (Å²) >= 11 is 0. The van der Waals surface area contributed by atoms with Crippen molar-refractivity contribution in [2.24, 2.45) is 11.8 Å². The van der Waals surface area contributed by atoms with E-state index in [-0.39, 0.29) is 17.9 Å². The molecule has 1 saturated carbocycles. The third-order valence-corrected chi connectivity index (χ3v) is 6.34. The van der Waals surface area contributed by atoms with Crippen molar-refractivity contribution in [1.29, 1.82) is 0 Å². The van der Waals surface area contributed by atoms with E-state index in [1.165, 1.54) is 16.7 Å². The van der Waals surface area contributed by atoms with Crippen LogP contribution in [0.4, 0.5) is 0 Å². The van der Waals surface area contributed by atoms with Crippen LogP contribution in [-0.4, -0.2) is 31.8 Å². The van der Waals surface area contributed by atoms with Crippen molar-refractivity contribution < 1.29 is 15.0 Å². The molecule has 2 aromatic rings. The maximum absolute atomic E-state index is 11.2. The fourth-order valence-corrected chi connectivity index (χ4v) is 4.80. The molecule has 5 heteroatoms. The number of benzene rings is 1. The maximum Gasteiger partial charge on any atom is 0.306 e. The summed E-state index contributed by atoms with van der Waals surface area (Å²) in [5, 5.41) is 20.2. The number of aliphatic hydroxyl groups excluding tert-OH is 1. The van der Waals surface area contributed by atoms with Crippen molar-refractivity contribution in [1.82, 2.24) is 9.55 Å². The molecule has 27 heavy (non-hydrogen) atoms. The molecule has 2 heterocycles. The summed E-state index contributed by atoms with van der Waals surface area (Å²) in [7, 11) is 0. The average molecular weight is 366 g/mol. The van der Waals surface area contributed by atoms with Crippen LogP contribution in [0, 0.1) is 11.8 Å². The van der Waals surface area contributed by atoms with Gasteiger partial charge in [0, 0.05) is 0 Å². The Morgan fingerprint density at radius 1 is 1.22 bits per heavy atom. The topological polar surface area (TPSA) is 75.3 Å². The minimum Gasteiger partial charge on any atom is -0.481 e. The number of hydrogen-bond acceptors (Lipinski definition) is 3. The molecule has 1 aliphatic carbocycles. The minimum atomic E-state index is -0.702. The van der Waals surface area contributed by atoms with Crippen LogP contribution in [0.2, 0.25) is 0 Å². The lowest BCUT2D eigenvalue weighted by Crippen LogP contribution is -2.30. The second kappa shape index (κ2) is 7.31. The minimum absolute atomic E-state index is 0.0668. The molecule has 1 fully saturated rings. The number of fused-ring (bicyclic) bond motifs is 1. The van der Waals surface area contributed by atoms with Crippen LogP contribution in [-0.2, 0) is 4.79 Å². The monoisotopic (exact) mass is 366 g/mol. The van der Waals surface area contributed by atoms with E-state index in [9.17, 15) is 15.0 Å². The van der Waals surface area contributed by atoms with Crippen LogP contribution in [0.3, 0.4) is 0 Å². The number of hydrogen-bond donors (Lipinski definition) is 2. The van der Waals surface area contributed by atoms with E-state index in [2.05, 4.69) is 28.6 Å². The van der Waals surface area contributed by atoms with Gasteiger partial charge in [0.05, 0.1) is 36.3 Å². The first-order chi connectivity index (χ1) is 13.1. The zero-order chi connectivity index (χ0) is 19.0. The van der Waals surface area contributed by atoms with Gasteiger partial charge in [0.15, 0.2) is 0 Å². The fourth-order valence-electron chi connectivity index (χ4n) is 4.80. The molecule has 4 rings (SSSR count). The zero-order valence-corrected chi connectivity index (χ0v) is 15.6. The number of nitrogens with zero attached hydrogens (tertiary/aromatic N) is 2. The van der Waals surface area contributed by atoms with Gasteiger partial charge in [-0.05, 0) is 61.7 Å². The highest BCUT2D eigenvalue weighted by Gasteiger charge is 2.35. The third-order valence-electron chi connectivity index (χ3n) is 6.34. The molecule has 0 spiro atoms. The summed E-state index contributed by atoms with van der Waals surface area (Å²) in [5.74, 6) is -0.778. The Morgan fingerprint density at radius 2 is 1.93 bits per heavy atom. The lowest BCUT2D eigenvalue weighted by molar-refractivity contribution is -0.143. The molecule has 1 aromatic heterocycles. The number of aromatic nitrogens is 2.